The summed E-state index contributed by atoms with van der Waals surface area (Å²) >= 11 is 0. The van der Waals surface area contributed by atoms with Crippen molar-refractivity contribution in [2.45, 2.75) is 37.6 Å². The molecule has 218 valence electrons. The molecule has 0 bridgehead atoms. The average molecular weight is 584 g/mol. The van der Waals surface area contributed by atoms with Crippen LogP contribution in [-0.2, 0) is 22.8 Å². The van der Waals surface area contributed by atoms with Crippen molar-refractivity contribution >= 4 is 9.84 Å². The van der Waals surface area contributed by atoms with Gasteiger partial charge in [0.25, 0.3) is 0 Å². The van der Waals surface area contributed by atoms with Crippen LogP contribution in [0.15, 0.2) is 101 Å². The molecule has 0 amide bonds. The van der Waals surface area contributed by atoms with Crippen LogP contribution in [0.5, 0.6) is 17.2 Å². The molecule has 0 aliphatic carbocycles. The lowest BCUT2D eigenvalue weighted by Gasteiger charge is -2.32. The Hall–Kier alpha value is -4.23. The monoisotopic (exact) mass is 583 g/mol. The van der Waals surface area contributed by atoms with Gasteiger partial charge < -0.3 is 19.1 Å². The number of hydrogen-bond acceptors (Lipinski definition) is 6. The zero-order valence-electron chi connectivity index (χ0n) is 24.8. The second kappa shape index (κ2) is 12.3. The minimum Gasteiger partial charge on any atom is -0.497 e. The summed E-state index contributed by atoms with van der Waals surface area (Å²) in [7, 11) is 0.905. The largest absolute Gasteiger partial charge is 0.497 e. The van der Waals surface area contributed by atoms with Crippen LogP contribution < -0.4 is 14.2 Å². The first kappa shape index (κ1) is 29.3. The van der Waals surface area contributed by atoms with Crippen LogP contribution in [0, 0.1) is 13.8 Å². The summed E-state index contributed by atoms with van der Waals surface area (Å²) in [6.07, 6.45) is 2.55. The fourth-order valence-corrected chi connectivity index (χ4v) is 7.06. The van der Waals surface area contributed by atoms with Gasteiger partial charge in [-0.25, -0.2) is 8.42 Å². The fourth-order valence-electron chi connectivity index (χ4n) is 5.43. The molecule has 7 heteroatoms. The van der Waals surface area contributed by atoms with E-state index in [2.05, 4.69) is 36.1 Å². The number of methoxy groups -OCH3 is 3. The molecule has 0 saturated heterocycles. The summed E-state index contributed by atoms with van der Waals surface area (Å²) < 4.78 is 46.0. The Kier molecular flexibility index (Phi) is 8.59. The number of ether oxygens (including phenoxy) is 3. The molecule has 1 heterocycles. The zero-order chi connectivity index (χ0) is 29.9. The summed E-state index contributed by atoms with van der Waals surface area (Å²) in [6, 6.07) is 26.9. The van der Waals surface area contributed by atoms with Crippen molar-refractivity contribution < 1.29 is 22.6 Å². The third-order valence-electron chi connectivity index (χ3n) is 7.82. The number of nitrogens with zero attached hydrogens (tertiary/aromatic N) is 1. The van der Waals surface area contributed by atoms with Gasteiger partial charge in [-0.3, -0.25) is 0 Å². The van der Waals surface area contributed by atoms with Gasteiger partial charge in [0.1, 0.15) is 5.75 Å². The highest BCUT2D eigenvalue weighted by molar-refractivity contribution is 7.95. The van der Waals surface area contributed by atoms with Gasteiger partial charge >= 0.3 is 0 Å². The van der Waals surface area contributed by atoms with E-state index in [-0.39, 0.29) is 4.90 Å². The van der Waals surface area contributed by atoms with Crippen LogP contribution >= 0.6 is 0 Å². The van der Waals surface area contributed by atoms with E-state index in [9.17, 15) is 8.42 Å². The maximum Gasteiger partial charge on any atom is 0.205 e. The Labute approximate surface area is 249 Å². The Bertz CT molecular complexity index is 1680. The molecule has 0 spiro atoms. The van der Waals surface area contributed by atoms with E-state index in [1.165, 1.54) is 5.56 Å². The van der Waals surface area contributed by atoms with Gasteiger partial charge in [-0.2, -0.15) is 0 Å². The standard InChI is InChI=1S/C35H37NO5S/c1-24-6-10-26(11-7-24)22-36-19-18-28-20-32(40-4)33(41-5)21-31(28)35(27-12-14-29(39-3)15-13-27)34(23-36)42(37,38)30-16-8-25(2)9-17-30/h6-17,20-21,23,35H,18-19,22H2,1-5H3/b34-23+. The zero-order valence-corrected chi connectivity index (χ0v) is 25.6. The molecule has 1 aliphatic rings. The summed E-state index contributed by atoms with van der Waals surface area (Å²) in [5.74, 6) is 1.27. The minimum absolute atomic E-state index is 0.260. The molecular weight excluding hydrogens is 546 g/mol. The van der Waals surface area contributed by atoms with Crippen molar-refractivity contribution in [2.24, 2.45) is 0 Å². The van der Waals surface area contributed by atoms with Crippen LogP contribution in [0.25, 0.3) is 0 Å². The van der Waals surface area contributed by atoms with E-state index in [1.54, 1.807) is 33.5 Å². The van der Waals surface area contributed by atoms with Crippen molar-refractivity contribution in [2.75, 3.05) is 27.9 Å². The van der Waals surface area contributed by atoms with Crippen LogP contribution in [0.1, 0.15) is 39.3 Å². The quantitative estimate of drug-likeness (QED) is 0.226. The number of fused-ring (bicyclic) bond motifs is 1. The predicted octanol–water partition coefficient (Wildman–Crippen LogP) is 6.83. The van der Waals surface area contributed by atoms with Crippen molar-refractivity contribution in [3.05, 3.63) is 129 Å². The Balaban J connectivity index is 1.77. The number of rotatable bonds is 8. The number of benzene rings is 4. The topological polar surface area (TPSA) is 65.1 Å². The highest BCUT2D eigenvalue weighted by atomic mass is 32.2. The van der Waals surface area contributed by atoms with E-state index >= 15 is 0 Å². The number of sulfone groups is 1. The molecular formula is C35H37NO5S. The highest BCUT2D eigenvalue weighted by Crippen LogP contribution is 2.44. The summed E-state index contributed by atoms with van der Waals surface area (Å²) in [4.78, 5) is 2.68. The van der Waals surface area contributed by atoms with E-state index in [1.807, 2.05) is 61.7 Å². The van der Waals surface area contributed by atoms with E-state index in [4.69, 9.17) is 14.2 Å². The molecule has 0 fully saturated rings. The van der Waals surface area contributed by atoms with Crippen LogP contribution in [0.3, 0.4) is 0 Å². The SMILES string of the molecule is COc1ccc(C2/C(S(=O)(=O)c3ccc(C)cc3)=C\N(Cc3ccc(C)cc3)CCc3cc(OC)c(OC)cc32)cc1. The van der Waals surface area contributed by atoms with Gasteiger partial charge in [-0.15, -0.1) is 0 Å². The molecule has 0 saturated carbocycles. The van der Waals surface area contributed by atoms with Crippen molar-refractivity contribution in [1.82, 2.24) is 4.90 Å². The van der Waals surface area contributed by atoms with E-state index in [0.717, 1.165) is 27.8 Å². The van der Waals surface area contributed by atoms with E-state index < -0.39 is 15.8 Å². The van der Waals surface area contributed by atoms with Crippen LogP contribution in [-0.4, -0.2) is 41.2 Å². The van der Waals surface area contributed by atoms with Crippen LogP contribution in [0.2, 0.25) is 0 Å². The fraction of sp³-hybridized carbons (Fsp3) is 0.257. The lowest BCUT2D eigenvalue weighted by atomic mass is 9.85. The first-order valence-corrected chi connectivity index (χ1v) is 15.4. The number of allylic oxidation sites excluding steroid dienone is 1. The number of hydrogen-bond donors (Lipinski definition) is 0. The van der Waals surface area contributed by atoms with Crippen molar-refractivity contribution in [1.29, 1.82) is 0 Å². The molecule has 5 rings (SSSR count). The van der Waals surface area contributed by atoms with Crippen molar-refractivity contribution in [3.63, 3.8) is 0 Å². The first-order chi connectivity index (χ1) is 20.2. The van der Waals surface area contributed by atoms with Gasteiger partial charge in [0, 0.05) is 25.2 Å². The Morgan fingerprint density at radius 2 is 1.36 bits per heavy atom. The van der Waals surface area contributed by atoms with Crippen LogP contribution in [0.4, 0.5) is 0 Å². The lowest BCUT2D eigenvalue weighted by molar-refractivity contribution is 0.350. The Morgan fingerprint density at radius 1 is 0.762 bits per heavy atom. The summed E-state index contributed by atoms with van der Waals surface area (Å²) in [6.45, 7) is 5.21. The smallest absolute Gasteiger partial charge is 0.205 e. The minimum atomic E-state index is -3.93. The van der Waals surface area contributed by atoms with Gasteiger partial charge in [-0.05, 0) is 78.9 Å². The van der Waals surface area contributed by atoms with Gasteiger partial charge in [0.2, 0.25) is 9.84 Å². The molecule has 6 nitrogen and oxygen atoms in total. The average Bonchev–Trinajstić information content (AvgIpc) is 3.00. The third kappa shape index (κ3) is 6.02. The third-order valence-corrected chi connectivity index (χ3v) is 9.67. The molecule has 0 aromatic heterocycles. The highest BCUT2D eigenvalue weighted by Gasteiger charge is 2.35. The predicted molar refractivity (Wildman–Crippen MR) is 166 cm³/mol. The van der Waals surface area contributed by atoms with Gasteiger partial charge in [0.15, 0.2) is 11.5 Å². The number of aryl methyl sites for hydroxylation is 2. The Morgan fingerprint density at radius 3 is 1.95 bits per heavy atom. The molecule has 1 atom stereocenters. The summed E-state index contributed by atoms with van der Waals surface area (Å²) in [5, 5.41) is 0. The molecule has 4 aromatic rings. The molecule has 4 aromatic carbocycles. The maximum atomic E-state index is 14.6. The second-order valence-electron chi connectivity index (χ2n) is 10.7. The normalized spacial score (nSPS) is 16.5. The van der Waals surface area contributed by atoms with Gasteiger partial charge in [-0.1, -0.05) is 59.7 Å². The molecule has 0 N–H and O–H groups in total. The van der Waals surface area contributed by atoms with E-state index in [0.29, 0.717) is 41.7 Å². The molecule has 1 unspecified atom stereocenters. The second-order valence-corrected chi connectivity index (χ2v) is 12.6. The molecule has 1 aliphatic heterocycles. The molecule has 0 radical (unpaired) electrons. The summed E-state index contributed by atoms with van der Waals surface area (Å²) in [5.41, 5.74) is 6.00. The lowest BCUT2D eigenvalue weighted by Crippen LogP contribution is -2.27. The van der Waals surface area contributed by atoms with Crippen molar-refractivity contribution in [3.8, 4) is 17.2 Å². The first-order valence-electron chi connectivity index (χ1n) is 13.9. The maximum absolute atomic E-state index is 14.6. The molecule has 42 heavy (non-hydrogen) atoms. The van der Waals surface area contributed by atoms with Gasteiger partial charge in [0.05, 0.1) is 31.1 Å².